The van der Waals surface area contributed by atoms with Crippen molar-refractivity contribution in [3.05, 3.63) is 29.3 Å². The highest BCUT2D eigenvalue weighted by molar-refractivity contribution is 5.38. The number of hydrogen-bond acceptors (Lipinski definition) is 2. The minimum absolute atomic E-state index is 0.0828. The first-order chi connectivity index (χ1) is 6.02. The Hall–Kier alpha value is -1.02. The molecule has 0 amide bonds. The van der Waals surface area contributed by atoms with Crippen LogP contribution in [0.1, 0.15) is 31.0 Å². The highest BCUT2D eigenvalue weighted by Gasteiger charge is 2.13. The molecule has 0 aromatic heterocycles. The van der Waals surface area contributed by atoms with Crippen LogP contribution in [0.4, 0.5) is 0 Å². The minimum Gasteiger partial charge on any atom is -0.508 e. The van der Waals surface area contributed by atoms with Gasteiger partial charge in [-0.15, -0.1) is 0 Å². The van der Waals surface area contributed by atoms with E-state index in [1.54, 1.807) is 6.07 Å². The average molecular weight is 179 g/mol. The number of phenolic OH excluding ortho intramolecular Hbond substituents is 1. The van der Waals surface area contributed by atoms with Crippen LogP contribution in [-0.4, -0.2) is 5.11 Å². The molecule has 1 rings (SSSR count). The van der Waals surface area contributed by atoms with E-state index in [0.717, 1.165) is 11.1 Å². The Morgan fingerprint density at radius 3 is 2.38 bits per heavy atom. The van der Waals surface area contributed by atoms with Gasteiger partial charge in [-0.25, -0.2) is 0 Å². The van der Waals surface area contributed by atoms with Crippen LogP contribution in [0.5, 0.6) is 5.75 Å². The predicted octanol–water partition coefficient (Wildman–Crippen LogP) is 2.36. The van der Waals surface area contributed by atoms with Crippen molar-refractivity contribution >= 4 is 0 Å². The molecule has 0 saturated heterocycles. The fraction of sp³-hybridized carbons (Fsp3) is 0.455. The van der Waals surface area contributed by atoms with Gasteiger partial charge in [-0.1, -0.05) is 26.0 Å². The van der Waals surface area contributed by atoms with E-state index in [4.69, 9.17) is 5.73 Å². The smallest absolute Gasteiger partial charge is 0.120 e. The van der Waals surface area contributed by atoms with Crippen molar-refractivity contribution in [1.82, 2.24) is 0 Å². The molecule has 1 atom stereocenters. The van der Waals surface area contributed by atoms with Crippen molar-refractivity contribution in [1.29, 1.82) is 0 Å². The van der Waals surface area contributed by atoms with E-state index in [1.165, 1.54) is 0 Å². The first-order valence-electron chi connectivity index (χ1n) is 4.57. The van der Waals surface area contributed by atoms with E-state index >= 15 is 0 Å². The van der Waals surface area contributed by atoms with Gasteiger partial charge in [0, 0.05) is 11.6 Å². The van der Waals surface area contributed by atoms with E-state index in [0.29, 0.717) is 11.7 Å². The molecule has 13 heavy (non-hydrogen) atoms. The molecule has 0 spiro atoms. The Bertz CT molecular complexity index is 294. The van der Waals surface area contributed by atoms with Crippen LogP contribution in [0.3, 0.4) is 0 Å². The summed E-state index contributed by atoms with van der Waals surface area (Å²) in [7, 11) is 0. The zero-order chi connectivity index (χ0) is 10.0. The second kappa shape index (κ2) is 3.79. The number of aromatic hydroxyl groups is 1. The molecular formula is C11H17NO. The van der Waals surface area contributed by atoms with E-state index < -0.39 is 0 Å². The maximum Gasteiger partial charge on any atom is 0.120 e. The highest BCUT2D eigenvalue weighted by Crippen LogP contribution is 2.27. The Morgan fingerprint density at radius 1 is 1.31 bits per heavy atom. The summed E-state index contributed by atoms with van der Waals surface area (Å²) < 4.78 is 0. The molecule has 0 aliphatic heterocycles. The molecule has 1 aromatic carbocycles. The molecule has 0 aliphatic carbocycles. The summed E-state index contributed by atoms with van der Waals surface area (Å²) in [5, 5.41) is 9.63. The van der Waals surface area contributed by atoms with Gasteiger partial charge in [-0.3, -0.25) is 0 Å². The van der Waals surface area contributed by atoms with Crippen molar-refractivity contribution in [3.8, 4) is 5.75 Å². The van der Waals surface area contributed by atoms with Crippen LogP contribution in [0.15, 0.2) is 18.2 Å². The van der Waals surface area contributed by atoms with Crippen LogP contribution in [-0.2, 0) is 0 Å². The Kier molecular flexibility index (Phi) is 2.94. The van der Waals surface area contributed by atoms with Gasteiger partial charge in [0.25, 0.3) is 0 Å². The largest absolute Gasteiger partial charge is 0.508 e. The number of nitrogens with two attached hydrogens (primary N) is 1. The molecule has 0 bridgehead atoms. The van der Waals surface area contributed by atoms with Crippen molar-refractivity contribution in [2.45, 2.75) is 26.8 Å². The first kappa shape index (κ1) is 10.1. The van der Waals surface area contributed by atoms with Crippen molar-refractivity contribution < 1.29 is 5.11 Å². The van der Waals surface area contributed by atoms with Gasteiger partial charge in [0.15, 0.2) is 0 Å². The number of aryl methyl sites for hydroxylation is 1. The van der Waals surface area contributed by atoms with Gasteiger partial charge in [-0.05, 0) is 24.5 Å². The van der Waals surface area contributed by atoms with Crippen LogP contribution < -0.4 is 5.73 Å². The standard InChI is InChI=1S/C11H17NO/c1-7(2)11(12)9-5-4-8(3)6-10(9)13/h4-7,11,13H,12H2,1-3H3/t11-/m1/s1. The third-order valence-electron chi connectivity index (χ3n) is 2.26. The van der Waals surface area contributed by atoms with Crippen molar-refractivity contribution in [2.24, 2.45) is 11.7 Å². The lowest BCUT2D eigenvalue weighted by Gasteiger charge is -2.17. The molecule has 2 heteroatoms. The lowest BCUT2D eigenvalue weighted by molar-refractivity contribution is 0.439. The molecule has 2 nitrogen and oxygen atoms in total. The fourth-order valence-electron chi connectivity index (χ4n) is 1.29. The monoisotopic (exact) mass is 179 g/mol. The number of benzene rings is 1. The van der Waals surface area contributed by atoms with E-state index in [-0.39, 0.29) is 6.04 Å². The molecule has 0 aliphatic rings. The van der Waals surface area contributed by atoms with Gasteiger partial charge in [0.2, 0.25) is 0 Å². The predicted molar refractivity (Wildman–Crippen MR) is 54.6 cm³/mol. The van der Waals surface area contributed by atoms with Gasteiger partial charge >= 0.3 is 0 Å². The summed E-state index contributed by atoms with van der Waals surface area (Å²) in [4.78, 5) is 0. The summed E-state index contributed by atoms with van der Waals surface area (Å²) in [6, 6.07) is 5.53. The quantitative estimate of drug-likeness (QED) is 0.732. The molecule has 3 N–H and O–H groups in total. The summed E-state index contributed by atoms with van der Waals surface area (Å²) in [6.07, 6.45) is 0. The lowest BCUT2D eigenvalue weighted by Crippen LogP contribution is -2.16. The molecule has 0 unspecified atom stereocenters. The van der Waals surface area contributed by atoms with Gasteiger partial charge in [0.05, 0.1) is 0 Å². The second-order valence-corrected chi connectivity index (χ2v) is 3.83. The van der Waals surface area contributed by atoms with Crippen LogP contribution in [0.25, 0.3) is 0 Å². The number of phenols is 1. The Morgan fingerprint density at radius 2 is 1.92 bits per heavy atom. The molecule has 0 heterocycles. The topological polar surface area (TPSA) is 46.2 Å². The van der Waals surface area contributed by atoms with Crippen molar-refractivity contribution in [3.63, 3.8) is 0 Å². The van der Waals surface area contributed by atoms with Gasteiger partial charge < -0.3 is 10.8 Å². The average Bonchev–Trinajstić information content (AvgIpc) is 2.03. The summed E-state index contributed by atoms with van der Waals surface area (Å²) in [6.45, 7) is 6.04. The highest BCUT2D eigenvalue weighted by atomic mass is 16.3. The third-order valence-corrected chi connectivity index (χ3v) is 2.26. The molecule has 0 fully saturated rings. The summed E-state index contributed by atoms with van der Waals surface area (Å²) in [5.74, 6) is 0.648. The minimum atomic E-state index is -0.0828. The fourth-order valence-corrected chi connectivity index (χ4v) is 1.29. The third kappa shape index (κ3) is 2.22. The van der Waals surface area contributed by atoms with Crippen LogP contribution in [0, 0.1) is 12.8 Å². The van der Waals surface area contributed by atoms with Crippen molar-refractivity contribution in [2.75, 3.05) is 0 Å². The number of hydrogen-bond donors (Lipinski definition) is 2. The van der Waals surface area contributed by atoms with Gasteiger partial charge in [0.1, 0.15) is 5.75 Å². The number of rotatable bonds is 2. The zero-order valence-corrected chi connectivity index (χ0v) is 8.41. The SMILES string of the molecule is Cc1ccc([C@H](N)C(C)C)c(O)c1. The molecular weight excluding hydrogens is 162 g/mol. The van der Waals surface area contributed by atoms with E-state index in [2.05, 4.69) is 0 Å². The van der Waals surface area contributed by atoms with Crippen LogP contribution >= 0.6 is 0 Å². The molecule has 0 radical (unpaired) electrons. The van der Waals surface area contributed by atoms with E-state index in [9.17, 15) is 5.11 Å². The Labute approximate surface area is 79.4 Å². The van der Waals surface area contributed by atoms with Crippen LogP contribution in [0.2, 0.25) is 0 Å². The lowest BCUT2D eigenvalue weighted by atomic mass is 9.95. The summed E-state index contributed by atoms with van der Waals surface area (Å²) >= 11 is 0. The van der Waals surface area contributed by atoms with Gasteiger partial charge in [-0.2, -0.15) is 0 Å². The molecule has 72 valence electrons. The maximum atomic E-state index is 9.63. The second-order valence-electron chi connectivity index (χ2n) is 3.83. The maximum absolute atomic E-state index is 9.63. The molecule has 1 aromatic rings. The zero-order valence-electron chi connectivity index (χ0n) is 8.41. The first-order valence-corrected chi connectivity index (χ1v) is 4.57. The molecule has 0 saturated carbocycles. The van der Waals surface area contributed by atoms with E-state index in [1.807, 2.05) is 32.9 Å². The normalized spacial score (nSPS) is 13.3. The summed E-state index contributed by atoms with van der Waals surface area (Å²) in [5.41, 5.74) is 7.82. The Balaban J connectivity index is 3.01.